The minimum Gasteiger partial charge on any atom is -0.481 e. The van der Waals surface area contributed by atoms with Gasteiger partial charge in [-0.05, 0) is 83.7 Å². The molecule has 0 bridgehead atoms. The summed E-state index contributed by atoms with van der Waals surface area (Å²) in [5, 5.41) is 5.27. The zero-order valence-electron chi connectivity index (χ0n) is 20.7. The molecule has 0 radical (unpaired) electrons. The van der Waals surface area contributed by atoms with Crippen LogP contribution in [0.1, 0.15) is 64.2 Å². The van der Waals surface area contributed by atoms with Crippen molar-refractivity contribution < 1.29 is 28.6 Å². The van der Waals surface area contributed by atoms with Gasteiger partial charge in [-0.25, -0.2) is 9.59 Å². The van der Waals surface area contributed by atoms with Crippen LogP contribution in [-0.4, -0.2) is 48.9 Å². The highest BCUT2D eigenvalue weighted by Crippen LogP contribution is 2.17. The summed E-state index contributed by atoms with van der Waals surface area (Å²) in [5.74, 6) is 5.45. The van der Waals surface area contributed by atoms with Gasteiger partial charge in [0.1, 0.15) is 24.0 Å². The van der Waals surface area contributed by atoms with Crippen molar-refractivity contribution in [2.45, 2.75) is 71.1 Å². The number of hydrogen-bond acceptors (Lipinski definition) is 6. The van der Waals surface area contributed by atoms with Gasteiger partial charge in [0.2, 0.25) is 0 Å². The van der Waals surface area contributed by atoms with E-state index in [4.69, 9.17) is 14.2 Å². The van der Waals surface area contributed by atoms with E-state index in [0.29, 0.717) is 11.3 Å². The van der Waals surface area contributed by atoms with E-state index in [1.54, 1.807) is 58.9 Å². The highest BCUT2D eigenvalue weighted by molar-refractivity contribution is 5.97. The molecule has 0 unspecified atom stereocenters. The van der Waals surface area contributed by atoms with Crippen LogP contribution in [0.5, 0.6) is 5.75 Å². The summed E-state index contributed by atoms with van der Waals surface area (Å²) in [6.45, 7) is 8.62. The molecule has 0 spiro atoms. The van der Waals surface area contributed by atoms with Gasteiger partial charge in [0, 0.05) is 5.56 Å². The molecule has 184 valence electrons. The third-order valence-corrected chi connectivity index (χ3v) is 4.97. The standard InChI is InChI=1S/C26H34N2O6/c1-25(2,3)34-24(31)28-26(4,5)21(23(30)32-6)27-22(29)19-13-15-20(16-14-19)33-17-9-12-18-10-7-8-11-18/h10,13-16,21H,7-8,11,17H2,1-6H3,(H,27,29)(H,28,31)/t21-/m1/s1. The van der Waals surface area contributed by atoms with Crippen molar-refractivity contribution in [2.24, 2.45) is 0 Å². The molecule has 1 aromatic carbocycles. The first-order chi connectivity index (χ1) is 15.9. The van der Waals surface area contributed by atoms with Gasteiger partial charge in [0.25, 0.3) is 5.91 Å². The molecule has 2 N–H and O–H groups in total. The number of ether oxygens (including phenoxy) is 3. The van der Waals surface area contributed by atoms with Crippen molar-refractivity contribution in [3.8, 4) is 17.6 Å². The lowest BCUT2D eigenvalue weighted by atomic mass is 9.94. The van der Waals surface area contributed by atoms with Gasteiger partial charge in [-0.3, -0.25) is 4.79 Å². The second kappa shape index (κ2) is 11.6. The number of benzene rings is 1. The number of allylic oxidation sites excluding steroid dienone is 2. The fourth-order valence-electron chi connectivity index (χ4n) is 3.26. The van der Waals surface area contributed by atoms with Crippen molar-refractivity contribution >= 4 is 18.0 Å². The summed E-state index contributed by atoms with van der Waals surface area (Å²) in [4.78, 5) is 37.5. The summed E-state index contributed by atoms with van der Waals surface area (Å²) in [6, 6.07) is 5.32. The first-order valence-electron chi connectivity index (χ1n) is 11.2. The van der Waals surface area contributed by atoms with Gasteiger partial charge in [-0.15, -0.1) is 0 Å². The molecule has 0 saturated carbocycles. The first-order valence-corrected chi connectivity index (χ1v) is 11.2. The lowest BCUT2D eigenvalue weighted by Gasteiger charge is -2.34. The van der Waals surface area contributed by atoms with Crippen LogP contribution in [0.3, 0.4) is 0 Å². The molecule has 34 heavy (non-hydrogen) atoms. The number of carbonyl (C=O) groups excluding carboxylic acids is 3. The van der Waals surface area contributed by atoms with Crippen molar-refractivity contribution in [1.29, 1.82) is 0 Å². The second-order valence-electron chi connectivity index (χ2n) is 9.51. The average Bonchev–Trinajstić information content (AvgIpc) is 3.26. The van der Waals surface area contributed by atoms with Crippen LogP contribution in [0.4, 0.5) is 4.79 Å². The minimum absolute atomic E-state index is 0.248. The maximum Gasteiger partial charge on any atom is 0.408 e. The number of rotatable bonds is 7. The van der Waals surface area contributed by atoms with Gasteiger partial charge in [-0.2, -0.15) is 0 Å². The maximum absolute atomic E-state index is 12.8. The predicted molar refractivity (Wildman–Crippen MR) is 128 cm³/mol. The minimum atomic E-state index is -1.19. The Morgan fingerprint density at radius 1 is 1.09 bits per heavy atom. The summed E-state index contributed by atoms with van der Waals surface area (Å²) in [7, 11) is 1.21. The second-order valence-corrected chi connectivity index (χ2v) is 9.51. The highest BCUT2D eigenvalue weighted by atomic mass is 16.6. The number of alkyl carbamates (subject to hydrolysis) is 1. The highest BCUT2D eigenvalue weighted by Gasteiger charge is 2.39. The summed E-state index contributed by atoms with van der Waals surface area (Å²) < 4.78 is 15.7. The molecular formula is C26H34N2O6. The quantitative estimate of drug-likeness (QED) is 0.465. The molecule has 0 fully saturated rings. The number of amides is 2. The van der Waals surface area contributed by atoms with Gasteiger partial charge >= 0.3 is 12.1 Å². The fraction of sp³-hybridized carbons (Fsp3) is 0.500. The molecular weight excluding hydrogens is 436 g/mol. The number of esters is 1. The monoisotopic (exact) mass is 470 g/mol. The lowest BCUT2D eigenvalue weighted by Crippen LogP contribution is -2.62. The van der Waals surface area contributed by atoms with Gasteiger partial charge in [-0.1, -0.05) is 17.9 Å². The molecule has 0 aliphatic heterocycles. The molecule has 2 rings (SSSR count). The normalized spacial score (nSPS) is 14.1. The lowest BCUT2D eigenvalue weighted by molar-refractivity contribution is -0.144. The van der Waals surface area contributed by atoms with Crippen LogP contribution in [0.25, 0.3) is 0 Å². The van der Waals surface area contributed by atoms with Crippen molar-refractivity contribution in [1.82, 2.24) is 10.6 Å². The van der Waals surface area contributed by atoms with Crippen LogP contribution < -0.4 is 15.4 Å². The van der Waals surface area contributed by atoms with E-state index in [1.165, 1.54) is 7.11 Å². The van der Waals surface area contributed by atoms with Crippen LogP contribution in [0.15, 0.2) is 35.9 Å². The first kappa shape index (κ1) is 26.8. The Balaban J connectivity index is 2.01. The van der Waals surface area contributed by atoms with Crippen LogP contribution in [0, 0.1) is 11.8 Å². The van der Waals surface area contributed by atoms with E-state index in [9.17, 15) is 14.4 Å². The Morgan fingerprint density at radius 2 is 1.76 bits per heavy atom. The Kier molecular flexibility index (Phi) is 9.13. The topological polar surface area (TPSA) is 103 Å². The van der Waals surface area contributed by atoms with Crippen molar-refractivity contribution in [3.05, 3.63) is 41.5 Å². The maximum atomic E-state index is 12.8. The van der Waals surface area contributed by atoms with E-state index in [2.05, 4.69) is 28.6 Å². The number of methoxy groups -OCH3 is 1. The molecule has 2 amide bonds. The van der Waals surface area contributed by atoms with E-state index in [0.717, 1.165) is 24.8 Å². The molecule has 1 atom stereocenters. The average molecular weight is 471 g/mol. The Bertz CT molecular complexity index is 977. The Hall–Kier alpha value is -3.47. The zero-order valence-corrected chi connectivity index (χ0v) is 20.7. The summed E-state index contributed by atoms with van der Waals surface area (Å²) in [5.41, 5.74) is -0.439. The molecule has 0 aromatic heterocycles. The number of nitrogens with one attached hydrogen (secondary N) is 2. The largest absolute Gasteiger partial charge is 0.481 e. The fourth-order valence-corrected chi connectivity index (χ4v) is 3.26. The smallest absolute Gasteiger partial charge is 0.408 e. The summed E-state index contributed by atoms with van der Waals surface area (Å²) in [6.07, 6.45) is 4.69. The predicted octanol–water partition coefficient (Wildman–Crippen LogP) is 3.75. The molecule has 0 saturated heterocycles. The summed E-state index contributed by atoms with van der Waals surface area (Å²) >= 11 is 0. The van der Waals surface area contributed by atoms with E-state index >= 15 is 0 Å². The Labute approximate surface area is 201 Å². The van der Waals surface area contributed by atoms with Crippen LogP contribution in [-0.2, 0) is 14.3 Å². The van der Waals surface area contributed by atoms with Crippen molar-refractivity contribution in [2.75, 3.05) is 13.7 Å². The number of hydrogen-bond donors (Lipinski definition) is 2. The number of carbonyl (C=O) groups is 3. The van der Waals surface area contributed by atoms with Gasteiger partial charge in [0.15, 0.2) is 0 Å². The van der Waals surface area contributed by atoms with Crippen molar-refractivity contribution in [3.63, 3.8) is 0 Å². The molecule has 1 aliphatic carbocycles. The Morgan fingerprint density at radius 3 is 2.32 bits per heavy atom. The van der Waals surface area contributed by atoms with E-state index < -0.39 is 35.2 Å². The third kappa shape index (κ3) is 8.47. The molecule has 0 heterocycles. The van der Waals surface area contributed by atoms with Gasteiger partial charge < -0.3 is 24.8 Å². The molecule has 1 aliphatic rings. The SMILES string of the molecule is COC(=O)[C@@H](NC(=O)c1ccc(OCC#CC2=CCCC2)cc1)C(C)(C)NC(=O)OC(C)(C)C. The van der Waals surface area contributed by atoms with Crippen LogP contribution >= 0.6 is 0 Å². The van der Waals surface area contributed by atoms with Crippen LogP contribution in [0.2, 0.25) is 0 Å². The van der Waals surface area contributed by atoms with Gasteiger partial charge in [0.05, 0.1) is 12.6 Å². The third-order valence-electron chi connectivity index (χ3n) is 4.97. The molecule has 8 heteroatoms. The van der Waals surface area contributed by atoms with E-state index in [1.807, 2.05) is 0 Å². The molecule has 1 aromatic rings. The zero-order chi connectivity index (χ0) is 25.4. The molecule has 8 nitrogen and oxygen atoms in total. The van der Waals surface area contributed by atoms with E-state index in [-0.39, 0.29) is 6.61 Å².